The van der Waals surface area contributed by atoms with Gasteiger partial charge in [-0.25, -0.2) is 0 Å². The van der Waals surface area contributed by atoms with Gasteiger partial charge in [-0.2, -0.15) is 0 Å². The predicted octanol–water partition coefficient (Wildman–Crippen LogP) is 2.14. The zero-order valence-corrected chi connectivity index (χ0v) is 9.12. The Bertz CT molecular complexity index is 173. The average molecular weight is 200 g/mol. The number of hydrogen-bond donors (Lipinski definition) is 0. The molecule has 0 aromatic rings. The molecule has 0 bridgehead atoms. The van der Waals surface area contributed by atoms with Crippen LogP contribution in [0, 0.1) is 5.92 Å². The molecule has 3 heteroatoms. The van der Waals surface area contributed by atoms with Crippen LogP contribution < -0.4 is 0 Å². The van der Waals surface area contributed by atoms with Crippen LogP contribution in [0.4, 0.5) is 0 Å². The number of rotatable bonds is 5. The lowest BCUT2D eigenvalue weighted by atomic mass is 10.1. The van der Waals surface area contributed by atoms with E-state index in [9.17, 15) is 4.79 Å². The molecule has 1 fully saturated rings. The van der Waals surface area contributed by atoms with Crippen molar-refractivity contribution in [2.45, 2.75) is 45.6 Å². The standard InChI is InChI=1S/C11H20O3/c1-3-5-9(2)11(12)14-8-10-6-4-7-13-10/h9-10H,3-8H2,1-2H3. The highest BCUT2D eigenvalue weighted by atomic mass is 16.6. The maximum atomic E-state index is 11.4. The predicted molar refractivity (Wildman–Crippen MR) is 54.0 cm³/mol. The lowest BCUT2D eigenvalue weighted by Gasteiger charge is -2.13. The third-order valence-corrected chi connectivity index (χ3v) is 2.56. The van der Waals surface area contributed by atoms with E-state index in [0.29, 0.717) is 6.61 Å². The van der Waals surface area contributed by atoms with Gasteiger partial charge in [0.05, 0.1) is 12.0 Å². The number of carbonyl (C=O) groups is 1. The molecule has 3 nitrogen and oxygen atoms in total. The monoisotopic (exact) mass is 200 g/mol. The van der Waals surface area contributed by atoms with E-state index in [1.165, 1.54) is 0 Å². The molecule has 0 aliphatic carbocycles. The lowest BCUT2D eigenvalue weighted by Crippen LogP contribution is -2.21. The quantitative estimate of drug-likeness (QED) is 0.638. The van der Waals surface area contributed by atoms with Gasteiger partial charge < -0.3 is 9.47 Å². The van der Waals surface area contributed by atoms with Crippen LogP contribution in [-0.4, -0.2) is 25.3 Å². The van der Waals surface area contributed by atoms with Gasteiger partial charge in [-0.1, -0.05) is 20.3 Å². The summed E-state index contributed by atoms with van der Waals surface area (Å²) >= 11 is 0. The summed E-state index contributed by atoms with van der Waals surface area (Å²) in [6.45, 7) is 5.24. The first-order chi connectivity index (χ1) is 6.74. The molecule has 0 radical (unpaired) electrons. The second-order valence-corrected chi connectivity index (χ2v) is 3.95. The van der Waals surface area contributed by atoms with E-state index >= 15 is 0 Å². The maximum absolute atomic E-state index is 11.4. The molecule has 1 aliphatic rings. The first-order valence-corrected chi connectivity index (χ1v) is 5.52. The van der Waals surface area contributed by atoms with Crippen molar-refractivity contribution in [2.75, 3.05) is 13.2 Å². The van der Waals surface area contributed by atoms with Crippen LogP contribution in [-0.2, 0) is 14.3 Å². The van der Waals surface area contributed by atoms with Crippen molar-refractivity contribution in [1.29, 1.82) is 0 Å². The van der Waals surface area contributed by atoms with Crippen LogP contribution in [0.2, 0.25) is 0 Å². The Labute approximate surface area is 85.8 Å². The molecule has 0 aromatic carbocycles. The second-order valence-electron chi connectivity index (χ2n) is 3.95. The van der Waals surface area contributed by atoms with E-state index in [1.807, 2.05) is 6.92 Å². The average Bonchev–Trinajstić information content (AvgIpc) is 2.67. The molecule has 0 N–H and O–H groups in total. The van der Waals surface area contributed by atoms with Crippen molar-refractivity contribution in [3.05, 3.63) is 0 Å². The van der Waals surface area contributed by atoms with Gasteiger partial charge in [0.15, 0.2) is 0 Å². The highest BCUT2D eigenvalue weighted by molar-refractivity contribution is 5.71. The van der Waals surface area contributed by atoms with Crippen molar-refractivity contribution < 1.29 is 14.3 Å². The fourth-order valence-corrected chi connectivity index (χ4v) is 1.64. The normalized spacial score (nSPS) is 23.4. The minimum atomic E-state index is -0.0812. The number of carbonyl (C=O) groups excluding carboxylic acids is 1. The van der Waals surface area contributed by atoms with E-state index in [4.69, 9.17) is 9.47 Å². The Morgan fingerprint density at radius 3 is 3.00 bits per heavy atom. The number of hydrogen-bond acceptors (Lipinski definition) is 3. The smallest absolute Gasteiger partial charge is 0.308 e. The summed E-state index contributed by atoms with van der Waals surface area (Å²) in [4.78, 5) is 11.4. The molecular weight excluding hydrogens is 180 g/mol. The number of esters is 1. The molecule has 2 atom stereocenters. The van der Waals surface area contributed by atoms with E-state index in [0.717, 1.165) is 32.3 Å². The zero-order chi connectivity index (χ0) is 10.4. The Balaban J connectivity index is 2.13. The molecule has 0 aromatic heterocycles. The highest BCUT2D eigenvalue weighted by Crippen LogP contribution is 2.13. The number of ether oxygens (including phenoxy) is 2. The van der Waals surface area contributed by atoms with Crippen LogP contribution in [0.1, 0.15) is 39.5 Å². The van der Waals surface area contributed by atoms with Crippen LogP contribution in [0.3, 0.4) is 0 Å². The molecule has 0 amide bonds. The van der Waals surface area contributed by atoms with Crippen LogP contribution in [0.5, 0.6) is 0 Å². The minimum absolute atomic E-state index is 0.0291. The molecule has 2 unspecified atom stereocenters. The van der Waals surface area contributed by atoms with Crippen molar-refractivity contribution in [3.63, 3.8) is 0 Å². The third kappa shape index (κ3) is 3.66. The largest absolute Gasteiger partial charge is 0.463 e. The van der Waals surface area contributed by atoms with Crippen LogP contribution in [0.25, 0.3) is 0 Å². The van der Waals surface area contributed by atoms with Gasteiger partial charge in [0.2, 0.25) is 0 Å². The third-order valence-electron chi connectivity index (χ3n) is 2.56. The topological polar surface area (TPSA) is 35.5 Å². The van der Waals surface area contributed by atoms with Crippen molar-refractivity contribution in [1.82, 2.24) is 0 Å². The zero-order valence-electron chi connectivity index (χ0n) is 9.12. The van der Waals surface area contributed by atoms with E-state index in [2.05, 4.69) is 6.92 Å². The van der Waals surface area contributed by atoms with Gasteiger partial charge in [-0.3, -0.25) is 4.79 Å². The summed E-state index contributed by atoms with van der Waals surface area (Å²) in [5.74, 6) is -0.0521. The summed E-state index contributed by atoms with van der Waals surface area (Å²) in [5.41, 5.74) is 0. The summed E-state index contributed by atoms with van der Waals surface area (Å²) in [6.07, 6.45) is 4.19. The van der Waals surface area contributed by atoms with Gasteiger partial charge >= 0.3 is 5.97 Å². The van der Waals surface area contributed by atoms with Gasteiger partial charge in [0.1, 0.15) is 6.61 Å². The van der Waals surface area contributed by atoms with Crippen molar-refractivity contribution in [3.8, 4) is 0 Å². The molecule has 1 aliphatic heterocycles. The Kier molecular flexibility index (Phi) is 4.94. The molecule has 82 valence electrons. The van der Waals surface area contributed by atoms with Gasteiger partial charge in [0.25, 0.3) is 0 Å². The fourth-order valence-electron chi connectivity index (χ4n) is 1.64. The first-order valence-electron chi connectivity index (χ1n) is 5.52. The van der Waals surface area contributed by atoms with Crippen molar-refractivity contribution in [2.24, 2.45) is 5.92 Å². The Morgan fingerprint density at radius 2 is 2.43 bits per heavy atom. The van der Waals surface area contributed by atoms with Gasteiger partial charge in [0, 0.05) is 6.61 Å². The molecule has 1 saturated heterocycles. The maximum Gasteiger partial charge on any atom is 0.308 e. The summed E-state index contributed by atoms with van der Waals surface area (Å²) < 4.78 is 10.5. The van der Waals surface area contributed by atoms with Gasteiger partial charge in [-0.15, -0.1) is 0 Å². The molecule has 0 saturated carbocycles. The molecule has 0 spiro atoms. The Morgan fingerprint density at radius 1 is 1.64 bits per heavy atom. The molecule has 1 heterocycles. The van der Waals surface area contributed by atoms with Gasteiger partial charge in [-0.05, 0) is 19.3 Å². The lowest BCUT2D eigenvalue weighted by molar-refractivity contribution is -0.151. The summed E-state index contributed by atoms with van der Waals surface area (Å²) in [5, 5.41) is 0. The molecule has 14 heavy (non-hydrogen) atoms. The second kappa shape index (κ2) is 6.02. The van der Waals surface area contributed by atoms with E-state index in [1.54, 1.807) is 0 Å². The van der Waals surface area contributed by atoms with E-state index < -0.39 is 0 Å². The van der Waals surface area contributed by atoms with Crippen molar-refractivity contribution >= 4 is 5.97 Å². The first kappa shape index (κ1) is 11.5. The van der Waals surface area contributed by atoms with E-state index in [-0.39, 0.29) is 18.0 Å². The van der Waals surface area contributed by atoms with Crippen LogP contribution in [0.15, 0.2) is 0 Å². The summed E-state index contributed by atoms with van der Waals surface area (Å²) in [6, 6.07) is 0. The Hall–Kier alpha value is -0.570. The fraction of sp³-hybridized carbons (Fsp3) is 0.909. The molecular formula is C11H20O3. The highest BCUT2D eigenvalue weighted by Gasteiger charge is 2.19. The minimum Gasteiger partial charge on any atom is -0.463 e. The summed E-state index contributed by atoms with van der Waals surface area (Å²) in [7, 11) is 0. The SMILES string of the molecule is CCCC(C)C(=O)OCC1CCCO1. The molecule has 1 rings (SSSR count). The van der Waals surface area contributed by atoms with Crippen LogP contribution >= 0.6 is 0 Å².